The van der Waals surface area contributed by atoms with Crippen molar-refractivity contribution in [3.8, 4) is 11.1 Å². The highest BCUT2D eigenvalue weighted by atomic mass is 16.5. The van der Waals surface area contributed by atoms with Gasteiger partial charge in [-0.05, 0) is 28.7 Å². The summed E-state index contributed by atoms with van der Waals surface area (Å²) in [6, 6.07) is 15.0. The van der Waals surface area contributed by atoms with Crippen molar-refractivity contribution in [3.05, 3.63) is 59.7 Å². The molecule has 2 aromatic rings. The van der Waals surface area contributed by atoms with Crippen LogP contribution in [0.3, 0.4) is 0 Å². The van der Waals surface area contributed by atoms with Crippen LogP contribution in [0.2, 0.25) is 0 Å². The Labute approximate surface area is 177 Å². The summed E-state index contributed by atoms with van der Waals surface area (Å²) in [5.74, 6) is -1.18. The number of hydrogen-bond donors (Lipinski definition) is 2. The zero-order valence-electron chi connectivity index (χ0n) is 17.7. The van der Waals surface area contributed by atoms with Crippen molar-refractivity contribution in [2.24, 2.45) is 5.41 Å². The molecule has 1 amide bonds. The Balaban J connectivity index is 1.73. The van der Waals surface area contributed by atoms with Crippen LogP contribution in [-0.2, 0) is 14.3 Å². The summed E-state index contributed by atoms with van der Waals surface area (Å²) in [7, 11) is 1.53. The number of ether oxygens (including phenoxy) is 2. The van der Waals surface area contributed by atoms with Crippen molar-refractivity contribution in [1.82, 2.24) is 5.32 Å². The standard InChI is InChI=1S/C24H29NO5/c1-4-13-24(2,15-29-3)21(22(26)27)25-23(28)30-14-20-18-11-7-5-9-16(18)17-10-6-8-12-19(17)20/h5-12,20-21H,4,13-15H2,1-3H3,(H,25,28)(H,26,27)/t21-,24-/m0/s1. The lowest BCUT2D eigenvalue weighted by atomic mass is 9.79. The molecule has 2 atom stereocenters. The second-order valence-corrected chi connectivity index (χ2v) is 8.08. The molecule has 0 unspecified atom stereocenters. The van der Waals surface area contributed by atoms with E-state index in [1.165, 1.54) is 7.11 Å². The second kappa shape index (κ2) is 9.30. The number of fused-ring (bicyclic) bond motifs is 3. The third kappa shape index (κ3) is 4.33. The van der Waals surface area contributed by atoms with E-state index in [1.54, 1.807) is 0 Å². The molecule has 2 aromatic carbocycles. The van der Waals surface area contributed by atoms with E-state index < -0.39 is 23.5 Å². The van der Waals surface area contributed by atoms with Crippen molar-refractivity contribution >= 4 is 12.1 Å². The lowest BCUT2D eigenvalue weighted by Gasteiger charge is -2.34. The van der Waals surface area contributed by atoms with Gasteiger partial charge in [-0.25, -0.2) is 9.59 Å². The monoisotopic (exact) mass is 411 g/mol. The van der Waals surface area contributed by atoms with Gasteiger partial charge in [-0.3, -0.25) is 0 Å². The van der Waals surface area contributed by atoms with Gasteiger partial charge in [-0.15, -0.1) is 0 Å². The van der Waals surface area contributed by atoms with Gasteiger partial charge >= 0.3 is 12.1 Å². The molecular formula is C24H29NO5. The molecule has 0 aromatic heterocycles. The van der Waals surface area contributed by atoms with Crippen molar-refractivity contribution in [3.63, 3.8) is 0 Å². The summed E-state index contributed by atoms with van der Waals surface area (Å²) in [6.45, 7) is 4.14. The molecule has 0 bridgehead atoms. The van der Waals surface area contributed by atoms with E-state index in [0.29, 0.717) is 6.42 Å². The highest BCUT2D eigenvalue weighted by Gasteiger charge is 2.40. The minimum absolute atomic E-state index is 0.0765. The molecule has 1 aliphatic rings. The van der Waals surface area contributed by atoms with Crippen LogP contribution in [0, 0.1) is 5.41 Å². The molecule has 160 valence electrons. The number of rotatable bonds is 9. The Morgan fingerprint density at radius 1 is 1.10 bits per heavy atom. The molecule has 30 heavy (non-hydrogen) atoms. The van der Waals surface area contributed by atoms with Crippen LogP contribution in [-0.4, -0.2) is 43.5 Å². The van der Waals surface area contributed by atoms with Gasteiger partial charge in [-0.2, -0.15) is 0 Å². The molecule has 3 rings (SSSR count). The Bertz CT molecular complexity index is 858. The number of benzene rings is 2. The third-order valence-corrected chi connectivity index (χ3v) is 5.84. The van der Waals surface area contributed by atoms with Crippen LogP contribution in [0.4, 0.5) is 4.79 Å². The lowest BCUT2D eigenvalue weighted by Crippen LogP contribution is -2.53. The predicted molar refractivity (Wildman–Crippen MR) is 115 cm³/mol. The van der Waals surface area contributed by atoms with Gasteiger partial charge in [0.2, 0.25) is 0 Å². The molecule has 0 fully saturated rings. The average Bonchev–Trinajstić information content (AvgIpc) is 3.04. The first kappa shape index (κ1) is 21.8. The Morgan fingerprint density at radius 2 is 1.67 bits per heavy atom. The zero-order valence-corrected chi connectivity index (χ0v) is 17.7. The van der Waals surface area contributed by atoms with E-state index in [2.05, 4.69) is 17.4 Å². The molecule has 0 spiro atoms. The van der Waals surface area contributed by atoms with Crippen LogP contribution >= 0.6 is 0 Å². The largest absolute Gasteiger partial charge is 0.480 e. The first-order valence-electron chi connectivity index (χ1n) is 10.2. The Morgan fingerprint density at radius 3 is 2.17 bits per heavy atom. The van der Waals surface area contributed by atoms with E-state index in [-0.39, 0.29) is 19.1 Å². The summed E-state index contributed by atoms with van der Waals surface area (Å²) in [6.07, 6.45) is 0.639. The average molecular weight is 411 g/mol. The normalized spacial score (nSPS) is 15.6. The first-order valence-corrected chi connectivity index (χ1v) is 10.2. The van der Waals surface area contributed by atoms with Crippen molar-refractivity contribution in [2.75, 3.05) is 20.3 Å². The van der Waals surface area contributed by atoms with Gasteiger partial charge < -0.3 is 19.9 Å². The van der Waals surface area contributed by atoms with Crippen molar-refractivity contribution < 1.29 is 24.2 Å². The maximum absolute atomic E-state index is 12.6. The van der Waals surface area contributed by atoms with Crippen LogP contribution in [0.5, 0.6) is 0 Å². The molecule has 0 saturated heterocycles. The maximum atomic E-state index is 12.6. The summed E-state index contributed by atoms with van der Waals surface area (Å²) in [5, 5.41) is 12.3. The number of methoxy groups -OCH3 is 1. The summed E-state index contributed by atoms with van der Waals surface area (Å²) < 4.78 is 10.8. The molecule has 1 aliphatic carbocycles. The fourth-order valence-corrected chi connectivity index (χ4v) is 4.49. The summed E-state index contributed by atoms with van der Waals surface area (Å²) in [4.78, 5) is 24.4. The highest BCUT2D eigenvalue weighted by molar-refractivity contribution is 5.81. The molecule has 0 saturated carbocycles. The van der Waals surface area contributed by atoms with Crippen LogP contribution in [0.1, 0.15) is 43.7 Å². The molecule has 6 heteroatoms. The highest BCUT2D eigenvalue weighted by Crippen LogP contribution is 2.44. The van der Waals surface area contributed by atoms with Crippen molar-refractivity contribution in [1.29, 1.82) is 0 Å². The zero-order chi connectivity index (χ0) is 21.7. The van der Waals surface area contributed by atoms with Gasteiger partial charge in [0.25, 0.3) is 0 Å². The van der Waals surface area contributed by atoms with Crippen molar-refractivity contribution in [2.45, 2.75) is 38.6 Å². The van der Waals surface area contributed by atoms with Crippen LogP contribution < -0.4 is 5.32 Å². The van der Waals surface area contributed by atoms with E-state index >= 15 is 0 Å². The number of carbonyl (C=O) groups is 2. The predicted octanol–water partition coefficient (Wildman–Crippen LogP) is 4.43. The number of amides is 1. The van der Waals surface area contributed by atoms with Gasteiger partial charge in [0, 0.05) is 18.4 Å². The van der Waals surface area contributed by atoms with Gasteiger partial charge in [-0.1, -0.05) is 68.8 Å². The van der Waals surface area contributed by atoms with Gasteiger partial charge in [0.05, 0.1) is 6.61 Å². The second-order valence-electron chi connectivity index (χ2n) is 8.08. The van der Waals surface area contributed by atoms with E-state index in [1.807, 2.05) is 50.2 Å². The summed E-state index contributed by atoms with van der Waals surface area (Å²) >= 11 is 0. The molecule has 0 aliphatic heterocycles. The quantitative estimate of drug-likeness (QED) is 0.638. The number of hydrogen-bond acceptors (Lipinski definition) is 4. The third-order valence-electron chi connectivity index (χ3n) is 5.84. The number of carboxylic acid groups (broad SMARTS) is 1. The molecule has 6 nitrogen and oxygen atoms in total. The molecule has 2 N–H and O–H groups in total. The number of alkyl carbamates (subject to hydrolysis) is 1. The SMILES string of the molecule is CCC[C@@](C)(COC)[C@@H](NC(=O)OCC1c2ccccc2-c2ccccc21)C(=O)O. The fraction of sp³-hybridized carbons (Fsp3) is 0.417. The number of carboxylic acids is 1. The fourth-order valence-electron chi connectivity index (χ4n) is 4.49. The lowest BCUT2D eigenvalue weighted by molar-refractivity contribution is -0.144. The minimum atomic E-state index is -1.10. The maximum Gasteiger partial charge on any atom is 0.407 e. The van der Waals surface area contributed by atoms with E-state index in [9.17, 15) is 14.7 Å². The summed E-state index contributed by atoms with van der Waals surface area (Å²) in [5.41, 5.74) is 3.76. The molecular weight excluding hydrogens is 382 g/mol. The Hall–Kier alpha value is -2.86. The van der Waals surface area contributed by atoms with Crippen LogP contribution in [0.25, 0.3) is 11.1 Å². The Kier molecular flexibility index (Phi) is 6.77. The first-order chi connectivity index (χ1) is 14.4. The van der Waals surface area contributed by atoms with Gasteiger partial charge in [0.1, 0.15) is 12.6 Å². The molecule has 0 heterocycles. The van der Waals surface area contributed by atoms with Crippen LogP contribution in [0.15, 0.2) is 48.5 Å². The number of nitrogens with one attached hydrogen (secondary N) is 1. The topological polar surface area (TPSA) is 84.9 Å². The van der Waals surface area contributed by atoms with E-state index in [0.717, 1.165) is 28.7 Å². The van der Waals surface area contributed by atoms with E-state index in [4.69, 9.17) is 9.47 Å². The number of carbonyl (C=O) groups excluding carboxylic acids is 1. The smallest absolute Gasteiger partial charge is 0.407 e. The minimum Gasteiger partial charge on any atom is -0.480 e. The molecule has 0 radical (unpaired) electrons. The van der Waals surface area contributed by atoms with Gasteiger partial charge in [0.15, 0.2) is 0 Å². The number of aliphatic carboxylic acids is 1.